The second-order valence-electron chi connectivity index (χ2n) is 5.79. The largest absolute Gasteiger partial charge is 0.416 e. The summed E-state index contributed by atoms with van der Waals surface area (Å²) in [5, 5.41) is 15.2. The Morgan fingerprint density at radius 3 is 2.23 bits per heavy atom. The summed E-state index contributed by atoms with van der Waals surface area (Å²) in [4.78, 5) is 11.9. The van der Waals surface area contributed by atoms with Crippen molar-refractivity contribution in [1.29, 1.82) is 0 Å². The number of benzene rings is 2. The van der Waals surface area contributed by atoms with Crippen molar-refractivity contribution >= 4 is 23.3 Å². The van der Waals surface area contributed by atoms with E-state index < -0.39 is 17.8 Å². The second-order valence-corrected chi connectivity index (χ2v) is 6.23. The van der Waals surface area contributed by atoms with Crippen molar-refractivity contribution in [2.24, 2.45) is 5.92 Å². The van der Waals surface area contributed by atoms with E-state index in [4.69, 9.17) is 11.6 Å². The molecule has 0 heterocycles. The highest BCUT2D eigenvalue weighted by Gasteiger charge is 2.30. The van der Waals surface area contributed by atoms with Gasteiger partial charge in [-0.25, -0.2) is 4.79 Å². The molecule has 0 saturated heterocycles. The molecule has 0 bridgehead atoms. The van der Waals surface area contributed by atoms with Crippen LogP contribution in [-0.4, -0.2) is 24.3 Å². The summed E-state index contributed by atoms with van der Waals surface area (Å²) < 4.78 is 37.7. The Hall–Kier alpha value is -2.25. The maximum atomic E-state index is 12.6. The van der Waals surface area contributed by atoms with Crippen molar-refractivity contribution in [1.82, 2.24) is 5.32 Å². The average molecular weight is 387 g/mol. The number of nitrogens with one attached hydrogen (secondary N) is 2. The lowest BCUT2D eigenvalue weighted by Gasteiger charge is -2.16. The molecule has 0 aliphatic carbocycles. The molecule has 0 aliphatic rings. The van der Waals surface area contributed by atoms with Gasteiger partial charge in [0.05, 0.1) is 5.56 Å². The molecular formula is C18H18ClF3N2O2. The molecule has 1 atom stereocenters. The predicted molar refractivity (Wildman–Crippen MR) is 94.2 cm³/mol. The van der Waals surface area contributed by atoms with E-state index >= 15 is 0 Å². The minimum atomic E-state index is -4.38. The summed E-state index contributed by atoms with van der Waals surface area (Å²) in [6, 6.07) is 10.9. The monoisotopic (exact) mass is 386 g/mol. The maximum absolute atomic E-state index is 12.6. The van der Waals surface area contributed by atoms with Gasteiger partial charge in [0.1, 0.15) is 0 Å². The van der Waals surface area contributed by atoms with Crippen LogP contribution in [0.5, 0.6) is 0 Å². The molecule has 2 aromatic rings. The van der Waals surface area contributed by atoms with Crippen LogP contribution in [0.2, 0.25) is 5.02 Å². The van der Waals surface area contributed by atoms with Crippen LogP contribution in [0.1, 0.15) is 11.1 Å². The lowest BCUT2D eigenvalue weighted by atomic mass is 9.99. The standard InChI is InChI=1S/C18H18ClF3N2O2/c19-15-5-7-16(8-6-15)24-17(26)23-10-13(11-25)9-12-1-3-14(4-2-12)18(20,21)22/h1-8,13,25H,9-11H2,(H2,23,24,26). The maximum Gasteiger partial charge on any atom is 0.416 e. The first-order chi connectivity index (χ1) is 12.3. The van der Waals surface area contributed by atoms with E-state index in [-0.39, 0.29) is 19.1 Å². The van der Waals surface area contributed by atoms with Crippen LogP contribution in [0.15, 0.2) is 48.5 Å². The zero-order valence-corrected chi connectivity index (χ0v) is 14.4. The Morgan fingerprint density at radius 2 is 1.69 bits per heavy atom. The molecule has 0 fully saturated rings. The molecule has 4 nitrogen and oxygen atoms in total. The third-order valence-corrected chi connectivity index (χ3v) is 3.97. The highest BCUT2D eigenvalue weighted by Crippen LogP contribution is 2.29. The van der Waals surface area contributed by atoms with Crippen LogP contribution in [-0.2, 0) is 12.6 Å². The fourth-order valence-corrected chi connectivity index (χ4v) is 2.44. The topological polar surface area (TPSA) is 61.4 Å². The number of carbonyl (C=O) groups is 1. The van der Waals surface area contributed by atoms with Crippen LogP contribution < -0.4 is 10.6 Å². The molecule has 0 radical (unpaired) electrons. The van der Waals surface area contributed by atoms with E-state index in [1.165, 1.54) is 12.1 Å². The molecule has 26 heavy (non-hydrogen) atoms. The Kier molecular flexibility index (Phi) is 6.88. The van der Waals surface area contributed by atoms with E-state index in [1.54, 1.807) is 24.3 Å². The molecule has 3 N–H and O–H groups in total. The fraction of sp³-hybridized carbons (Fsp3) is 0.278. The van der Waals surface area contributed by atoms with Crippen molar-refractivity contribution in [3.63, 3.8) is 0 Å². The van der Waals surface area contributed by atoms with Gasteiger partial charge < -0.3 is 15.7 Å². The van der Waals surface area contributed by atoms with Gasteiger partial charge in [0.2, 0.25) is 0 Å². The first kappa shape index (κ1) is 20.1. The number of alkyl halides is 3. The minimum Gasteiger partial charge on any atom is -0.396 e. The van der Waals surface area contributed by atoms with Gasteiger partial charge >= 0.3 is 12.2 Å². The number of anilines is 1. The highest BCUT2D eigenvalue weighted by molar-refractivity contribution is 6.30. The first-order valence-corrected chi connectivity index (χ1v) is 8.23. The number of hydrogen-bond donors (Lipinski definition) is 3. The van der Waals surface area contributed by atoms with Crippen molar-refractivity contribution in [2.75, 3.05) is 18.5 Å². The summed E-state index contributed by atoms with van der Waals surface area (Å²) in [5.41, 5.74) is 0.495. The number of urea groups is 1. The number of hydrogen-bond acceptors (Lipinski definition) is 2. The molecular weight excluding hydrogens is 369 g/mol. The van der Waals surface area contributed by atoms with Gasteiger partial charge in [-0.3, -0.25) is 0 Å². The normalized spacial score (nSPS) is 12.5. The van der Waals surface area contributed by atoms with Crippen molar-refractivity contribution < 1.29 is 23.1 Å². The number of rotatable bonds is 6. The Morgan fingerprint density at radius 1 is 1.08 bits per heavy atom. The van der Waals surface area contributed by atoms with Crippen molar-refractivity contribution in [3.8, 4) is 0 Å². The number of aliphatic hydroxyl groups is 1. The van der Waals surface area contributed by atoms with Gasteiger partial charge in [0, 0.05) is 29.8 Å². The molecule has 0 saturated carbocycles. The lowest BCUT2D eigenvalue weighted by molar-refractivity contribution is -0.137. The average Bonchev–Trinajstić information content (AvgIpc) is 2.60. The van der Waals surface area contributed by atoms with E-state index in [2.05, 4.69) is 10.6 Å². The molecule has 2 amide bonds. The van der Waals surface area contributed by atoms with E-state index in [0.29, 0.717) is 22.7 Å². The van der Waals surface area contributed by atoms with Crippen molar-refractivity contribution in [3.05, 3.63) is 64.7 Å². The predicted octanol–water partition coefficient (Wildman–Crippen LogP) is 4.33. The summed E-state index contributed by atoms with van der Waals surface area (Å²) >= 11 is 5.76. The van der Waals surface area contributed by atoms with Crippen LogP contribution in [0, 0.1) is 5.92 Å². The number of carbonyl (C=O) groups excluding carboxylic acids is 1. The summed E-state index contributed by atoms with van der Waals surface area (Å²) in [6.07, 6.45) is -4.04. The van der Waals surface area contributed by atoms with Crippen LogP contribution in [0.25, 0.3) is 0 Å². The lowest BCUT2D eigenvalue weighted by Crippen LogP contribution is -2.35. The summed E-state index contributed by atoms with van der Waals surface area (Å²) in [5.74, 6) is -0.317. The summed E-state index contributed by atoms with van der Waals surface area (Å²) in [6.45, 7) is -0.0286. The molecule has 2 rings (SSSR count). The van der Waals surface area contributed by atoms with E-state index in [1.807, 2.05) is 0 Å². The highest BCUT2D eigenvalue weighted by atomic mass is 35.5. The second kappa shape index (κ2) is 8.91. The zero-order chi connectivity index (χ0) is 19.2. The molecule has 0 aromatic heterocycles. The smallest absolute Gasteiger partial charge is 0.396 e. The zero-order valence-electron chi connectivity index (χ0n) is 13.7. The first-order valence-electron chi connectivity index (χ1n) is 7.85. The van der Waals surface area contributed by atoms with E-state index in [9.17, 15) is 23.1 Å². The SMILES string of the molecule is O=C(NCC(CO)Cc1ccc(C(F)(F)F)cc1)Nc1ccc(Cl)cc1. The van der Waals surface area contributed by atoms with Crippen LogP contribution >= 0.6 is 11.6 Å². The molecule has 0 spiro atoms. The third-order valence-electron chi connectivity index (χ3n) is 3.72. The number of amides is 2. The Bertz CT molecular complexity index is 719. The van der Waals surface area contributed by atoms with Crippen LogP contribution in [0.4, 0.5) is 23.7 Å². The van der Waals surface area contributed by atoms with Gasteiger partial charge in [0.15, 0.2) is 0 Å². The van der Waals surface area contributed by atoms with Gasteiger partial charge in [-0.2, -0.15) is 13.2 Å². The Labute approximate surface area is 154 Å². The van der Waals surface area contributed by atoms with Gasteiger partial charge in [-0.15, -0.1) is 0 Å². The molecule has 8 heteroatoms. The minimum absolute atomic E-state index is 0.178. The quantitative estimate of drug-likeness (QED) is 0.692. The van der Waals surface area contributed by atoms with Crippen LogP contribution in [0.3, 0.4) is 0 Å². The fourth-order valence-electron chi connectivity index (χ4n) is 2.31. The van der Waals surface area contributed by atoms with Gasteiger partial charge in [-0.1, -0.05) is 23.7 Å². The van der Waals surface area contributed by atoms with Gasteiger partial charge in [-0.05, 0) is 48.4 Å². The number of halogens is 4. The Balaban J connectivity index is 1.85. The van der Waals surface area contributed by atoms with Crippen molar-refractivity contribution in [2.45, 2.75) is 12.6 Å². The van der Waals surface area contributed by atoms with Gasteiger partial charge in [0.25, 0.3) is 0 Å². The molecule has 0 aliphatic heterocycles. The molecule has 2 aromatic carbocycles. The third kappa shape index (κ3) is 6.24. The molecule has 140 valence electrons. The van der Waals surface area contributed by atoms with E-state index in [0.717, 1.165) is 12.1 Å². The number of aliphatic hydroxyl groups excluding tert-OH is 1. The molecule has 1 unspecified atom stereocenters. The summed E-state index contributed by atoms with van der Waals surface area (Å²) in [7, 11) is 0.